The van der Waals surface area contributed by atoms with E-state index in [9.17, 15) is 9.18 Å². The molecule has 0 aliphatic carbocycles. The van der Waals surface area contributed by atoms with E-state index >= 15 is 0 Å². The molecule has 0 saturated heterocycles. The number of rotatable bonds is 4. The first kappa shape index (κ1) is 14.9. The Morgan fingerprint density at radius 1 is 1.17 bits per heavy atom. The summed E-state index contributed by atoms with van der Waals surface area (Å²) < 4.78 is 19.1. The van der Waals surface area contributed by atoms with Gasteiger partial charge in [0.15, 0.2) is 17.8 Å². The van der Waals surface area contributed by atoms with Gasteiger partial charge in [-0.25, -0.2) is 9.37 Å². The van der Waals surface area contributed by atoms with Crippen LogP contribution in [0.1, 0.15) is 29.1 Å². The van der Waals surface area contributed by atoms with Crippen molar-refractivity contribution in [3.8, 4) is 11.3 Å². The van der Waals surface area contributed by atoms with Crippen molar-refractivity contribution in [1.29, 1.82) is 0 Å². The number of hydrogen-bond donors (Lipinski definition) is 1. The molecule has 116 valence electrons. The summed E-state index contributed by atoms with van der Waals surface area (Å²) in [4.78, 5) is 20.5. The van der Waals surface area contributed by atoms with E-state index in [0.29, 0.717) is 0 Å². The number of carbonyl (C=O) groups excluding carboxylic acids is 1. The molecule has 2 aromatic heterocycles. The van der Waals surface area contributed by atoms with Crippen molar-refractivity contribution in [2.75, 3.05) is 0 Å². The van der Waals surface area contributed by atoms with E-state index in [1.165, 1.54) is 12.1 Å². The molecule has 0 radical (unpaired) electrons. The van der Waals surface area contributed by atoms with E-state index in [4.69, 9.17) is 4.42 Å². The standard InChI is InChI=1S/C17H14FN3O2/c1-11(14-8-4-5-9-19-14)21-17(22)15-16(23-10-20-15)12-6-2-3-7-13(12)18/h2-11H,1H3,(H,21,22)/t11-/m1/s1. The lowest BCUT2D eigenvalue weighted by molar-refractivity contribution is 0.0935. The first-order valence-corrected chi connectivity index (χ1v) is 7.07. The molecule has 0 aliphatic rings. The molecule has 1 N–H and O–H groups in total. The van der Waals surface area contributed by atoms with Crippen LogP contribution in [0.4, 0.5) is 4.39 Å². The van der Waals surface area contributed by atoms with Crippen LogP contribution < -0.4 is 5.32 Å². The van der Waals surface area contributed by atoms with Gasteiger partial charge in [-0.2, -0.15) is 0 Å². The molecular formula is C17H14FN3O2. The fraction of sp³-hybridized carbons (Fsp3) is 0.118. The van der Waals surface area contributed by atoms with Crippen molar-refractivity contribution in [2.24, 2.45) is 0 Å². The summed E-state index contributed by atoms with van der Waals surface area (Å²) in [7, 11) is 0. The zero-order valence-electron chi connectivity index (χ0n) is 12.4. The van der Waals surface area contributed by atoms with Crippen molar-refractivity contribution >= 4 is 5.91 Å². The van der Waals surface area contributed by atoms with E-state index in [0.717, 1.165) is 12.1 Å². The van der Waals surface area contributed by atoms with Gasteiger partial charge in [-0.05, 0) is 31.2 Å². The second kappa shape index (κ2) is 6.39. The molecule has 1 atom stereocenters. The van der Waals surface area contributed by atoms with E-state index < -0.39 is 11.7 Å². The van der Waals surface area contributed by atoms with E-state index in [-0.39, 0.29) is 23.1 Å². The van der Waals surface area contributed by atoms with E-state index in [2.05, 4.69) is 15.3 Å². The predicted octanol–water partition coefficient (Wildman–Crippen LogP) is 3.37. The van der Waals surface area contributed by atoms with Gasteiger partial charge in [0, 0.05) is 6.20 Å². The number of nitrogens with zero attached hydrogens (tertiary/aromatic N) is 2. The van der Waals surface area contributed by atoms with Crippen LogP contribution in [0.2, 0.25) is 0 Å². The molecule has 0 fully saturated rings. The molecule has 3 aromatic rings. The summed E-state index contributed by atoms with van der Waals surface area (Å²) in [5.74, 6) is -0.819. The topological polar surface area (TPSA) is 68.0 Å². The third-order valence-electron chi connectivity index (χ3n) is 3.38. The van der Waals surface area contributed by atoms with Gasteiger partial charge in [0.2, 0.25) is 0 Å². The Balaban J connectivity index is 1.85. The first-order valence-electron chi connectivity index (χ1n) is 7.07. The largest absolute Gasteiger partial charge is 0.443 e. The van der Waals surface area contributed by atoms with Crippen LogP contribution in [0, 0.1) is 5.82 Å². The highest BCUT2D eigenvalue weighted by Crippen LogP contribution is 2.26. The highest BCUT2D eigenvalue weighted by Gasteiger charge is 2.22. The fourth-order valence-corrected chi connectivity index (χ4v) is 2.22. The first-order chi connectivity index (χ1) is 11.2. The molecule has 1 aromatic carbocycles. The number of pyridine rings is 1. The average molecular weight is 311 g/mol. The van der Waals surface area contributed by atoms with Crippen LogP contribution in [0.5, 0.6) is 0 Å². The molecule has 0 unspecified atom stereocenters. The molecule has 5 nitrogen and oxygen atoms in total. The molecule has 23 heavy (non-hydrogen) atoms. The maximum Gasteiger partial charge on any atom is 0.274 e. The highest BCUT2D eigenvalue weighted by molar-refractivity contribution is 5.97. The van der Waals surface area contributed by atoms with Crippen LogP contribution in [0.15, 0.2) is 59.5 Å². The minimum absolute atomic E-state index is 0.0397. The monoisotopic (exact) mass is 311 g/mol. The van der Waals surface area contributed by atoms with E-state index in [1.54, 1.807) is 24.4 Å². The van der Waals surface area contributed by atoms with Gasteiger partial charge in [-0.15, -0.1) is 0 Å². The number of aromatic nitrogens is 2. The smallest absolute Gasteiger partial charge is 0.274 e. The normalized spacial score (nSPS) is 11.9. The highest BCUT2D eigenvalue weighted by atomic mass is 19.1. The van der Waals surface area contributed by atoms with Crippen LogP contribution >= 0.6 is 0 Å². The Morgan fingerprint density at radius 3 is 2.70 bits per heavy atom. The minimum Gasteiger partial charge on any atom is -0.443 e. The molecule has 0 saturated carbocycles. The van der Waals surface area contributed by atoms with Gasteiger partial charge in [-0.3, -0.25) is 9.78 Å². The Hall–Kier alpha value is -3.02. The van der Waals surface area contributed by atoms with Crippen LogP contribution in [-0.2, 0) is 0 Å². The van der Waals surface area contributed by atoms with Gasteiger partial charge in [0.1, 0.15) is 5.82 Å². The number of oxazole rings is 1. The van der Waals surface area contributed by atoms with Crippen LogP contribution in [0.3, 0.4) is 0 Å². The molecule has 3 rings (SSSR count). The van der Waals surface area contributed by atoms with Crippen molar-refractivity contribution < 1.29 is 13.6 Å². The zero-order valence-corrected chi connectivity index (χ0v) is 12.4. The average Bonchev–Trinajstić information content (AvgIpc) is 3.05. The summed E-state index contributed by atoms with van der Waals surface area (Å²) in [5.41, 5.74) is 0.954. The van der Waals surface area contributed by atoms with Crippen molar-refractivity contribution in [2.45, 2.75) is 13.0 Å². The molecule has 0 aliphatic heterocycles. The fourth-order valence-electron chi connectivity index (χ4n) is 2.22. The molecule has 2 heterocycles. The minimum atomic E-state index is -0.476. The van der Waals surface area contributed by atoms with Gasteiger partial charge in [-0.1, -0.05) is 18.2 Å². The second-order valence-corrected chi connectivity index (χ2v) is 4.96. The van der Waals surface area contributed by atoms with Gasteiger partial charge < -0.3 is 9.73 Å². The maximum atomic E-state index is 13.9. The van der Waals surface area contributed by atoms with Crippen molar-refractivity contribution in [1.82, 2.24) is 15.3 Å². The molecule has 0 bridgehead atoms. The Kier molecular flexibility index (Phi) is 4.14. The molecular weight excluding hydrogens is 297 g/mol. The van der Waals surface area contributed by atoms with Crippen molar-refractivity contribution in [3.63, 3.8) is 0 Å². The summed E-state index contributed by atoms with van der Waals surface area (Å²) in [6.45, 7) is 1.81. The van der Waals surface area contributed by atoms with Crippen molar-refractivity contribution in [3.05, 3.63) is 72.3 Å². The summed E-state index contributed by atoms with van der Waals surface area (Å²) in [6.07, 6.45) is 2.78. The molecule has 0 spiro atoms. The van der Waals surface area contributed by atoms with Gasteiger partial charge >= 0.3 is 0 Å². The third-order valence-corrected chi connectivity index (χ3v) is 3.38. The Labute approximate surface area is 132 Å². The van der Waals surface area contributed by atoms with E-state index in [1.807, 2.05) is 19.1 Å². The predicted molar refractivity (Wildman–Crippen MR) is 82.0 cm³/mol. The maximum absolute atomic E-state index is 13.9. The number of carbonyl (C=O) groups is 1. The summed E-state index contributed by atoms with van der Waals surface area (Å²) in [5, 5.41) is 2.78. The lowest BCUT2D eigenvalue weighted by Crippen LogP contribution is -2.27. The SMILES string of the molecule is C[C@@H](NC(=O)c1ncoc1-c1ccccc1F)c1ccccn1. The van der Waals surface area contributed by atoms with Crippen LogP contribution in [-0.4, -0.2) is 15.9 Å². The van der Waals surface area contributed by atoms with Crippen LogP contribution in [0.25, 0.3) is 11.3 Å². The summed E-state index contributed by atoms with van der Waals surface area (Å²) >= 11 is 0. The number of nitrogens with one attached hydrogen (secondary N) is 1. The number of amides is 1. The Morgan fingerprint density at radius 2 is 1.96 bits per heavy atom. The Bertz CT molecular complexity index is 817. The van der Waals surface area contributed by atoms with Gasteiger partial charge in [0.05, 0.1) is 17.3 Å². The molecule has 6 heteroatoms. The third kappa shape index (κ3) is 3.11. The zero-order chi connectivity index (χ0) is 16.2. The van der Waals surface area contributed by atoms with Gasteiger partial charge in [0.25, 0.3) is 5.91 Å². The molecule has 1 amide bonds. The lowest BCUT2D eigenvalue weighted by Gasteiger charge is -2.12. The second-order valence-electron chi connectivity index (χ2n) is 4.96. The lowest BCUT2D eigenvalue weighted by atomic mass is 10.1. The number of halogens is 1. The number of benzene rings is 1. The quantitative estimate of drug-likeness (QED) is 0.802. The number of hydrogen-bond acceptors (Lipinski definition) is 4. The summed E-state index contributed by atoms with van der Waals surface area (Å²) in [6, 6.07) is 11.2.